The number of β-amino-alcohol motifs (C(OH)–C–C–N with tert-alkyl or cyclic N) is 1. The molecule has 4 nitrogen and oxygen atoms in total. The maximum absolute atomic E-state index is 10.6. The molecule has 17 heavy (non-hydrogen) atoms. The van der Waals surface area contributed by atoms with Crippen molar-refractivity contribution in [3.05, 3.63) is 0 Å². The van der Waals surface area contributed by atoms with Crippen molar-refractivity contribution in [1.29, 1.82) is 0 Å². The Kier molecular flexibility index (Phi) is 4.08. The highest BCUT2D eigenvalue weighted by Crippen LogP contribution is 2.39. The predicted molar refractivity (Wildman–Crippen MR) is 69.9 cm³/mol. The maximum atomic E-state index is 10.6. The Morgan fingerprint density at radius 1 is 1.35 bits per heavy atom. The summed E-state index contributed by atoms with van der Waals surface area (Å²) < 4.78 is 0. The van der Waals surface area contributed by atoms with E-state index < -0.39 is 5.60 Å². The van der Waals surface area contributed by atoms with E-state index in [1.807, 2.05) is 0 Å². The Labute approximate surface area is 105 Å². The molecule has 0 aromatic heterocycles. The lowest BCUT2D eigenvalue weighted by Crippen LogP contribution is -2.53. The molecule has 1 saturated heterocycles. The summed E-state index contributed by atoms with van der Waals surface area (Å²) in [5.74, 6) is 0.445. The molecular weight excluding hydrogens is 214 g/mol. The topological polar surface area (TPSA) is 52.7 Å². The Hall–Kier alpha value is -0.160. The van der Waals surface area contributed by atoms with Crippen molar-refractivity contribution in [2.45, 2.75) is 37.8 Å². The molecule has 2 unspecified atom stereocenters. The van der Waals surface area contributed by atoms with Crippen molar-refractivity contribution < 1.29 is 5.11 Å². The molecule has 100 valence electrons. The zero-order valence-electron chi connectivity index (χ0n) is 11.2. The van der Waals surface area contributed by atoms with E-state index in [0.717, 1.165) is 39.0 Å². The first-order valence-electron chi connectivity index (χ1n) is 6.90. The predicted octanol–water partition coefficient (Wildman–Crippen LogP) is 0.112. The molecule has 0 aromatic carbocycles. The van der Waals surface area contributed by atoms with Crippen LogP contribution in [0.5, 0.6) is 0 Å². The Balaban J connectivity index is 1.96. The first kappa shape index (κ1) is 13.3. The smallest absolute Gasteiger partial charge is 0.0923 e. The van der Waals surface area contributed by atoms with E-state index in [2.05, 4.69) is 23.8 Å². The fourth-order valence-corrected chi connectivity index (χ4v) is 2.99. The molecule has 4 heteroatoms. The lowest BCUT2D eigenvalue weighted by molar-refractivity contribution is -0.0168. The number of hydrogen-bond donors (Lipinski definition) is 2. The average molecular weight is 241 g/mol. The third-order valence-corrected chi connectivity index (χ3v) is 4.35. The molecule has 2 fully saturated rings. The van der Waals surface area contributed by atoms with Crippen LogP contribution in [0.1, 0.15) is 26.2 Å². The second-order valence-electron chi connectivity index (χ2n) is 6.02. The summed E-state index contributed by atoms with van der Waals surface area (Å²) in [6, 6.07) is 0.513. The second-order valence-corrected chi connectivity index (χ2v) is 6.02. The van der Waals surface area contributed by atoms with Gasteiger partial charge in [0.1, 0.15) is 0 Å². The van der Waals surface area contributed by atoms with E-state index in [0.29, 0.717) is 18.5 Å². The number of aliphatic hydroxyl groups is 1. The third kappa shape index (κ3) is 3.19. The molecule has 2 aliphatic rings. The van der Waals surface area contributed by atoms with E-state index in [1.54, 1.807) is 0 Å². The van der Waals surface area contributed by atoms with Crippen molar-refractivity contribution in [1.82, 2.24) is 9.80 Å². The highest BCUT2D eigenvalue weighted by molar-refractivity contribution is 4.98. The Morgan fingerprint density at radius 3 is 2.65 bits per heavy atom. The molecule has 0 spiro atoms. The van der Waals surface area contributed by atoms with Crippen LogP contribution < -0.4 is 5.73 Å². The van der Waals surface area contributed by atoms with Crippen LogP contribution in [0.3, 0.4) is 0 Å². The second kappa shape index (κ2) is 5.22. The molecule has 1 heterocycles. The molecule has 0 radical (unpaired) electrons. The molecule has 0 bridgehead atoms. The van der Waals surface area contributed by atoms with Gasteiger partial charge in [0, 0.05) is 25.7 Å². The number of rotatable bonds is 4. The zero-order chi connectivity index (χ0) is 12.5. The largest absolute Gasteiger partial charge is 0.387 e. The molecule has 3 N–H and O–H groups in total. The molecule has 2 rings (SSSR count). The van der Waals surface area contributed by atoms with Crippen LogP contribution in [-0.4, -0.2) is 66.3 Å². The van der Waals surface area contributed by atoms with Crippen molar-refractivity contribution in [3.8, 4) is 0 Å². The summed E-state index contributed by atoms with van der Waals surface area (Å²) in [5, 5.41) is 10.6. The quantitative estimate of drug-likeness (QED) is 0.734. The van der Waals surface area contributed by atoms with Crippen molar-refractivity contribution >= 4 is 0 Å². The molecule has 1 aliphatic carbocycles. The summed E-state index contributed by atoms with van der Waals surface area (Å²) in [7, 11) is 2.18. The maximum Gasteiger partial charge on any atom is 0.0923 e. The summed E-state index contributed by atoms with van der Waals surface area (Å²) in [4.78, 5) is 4.80. The summed E-state index contributed by atoms with van der Waals surface area (Å²) in [5.41, 5.74) is 5.15. The van der Waals surface area contributed by atoms with Crippen molar-refractivity contribution in [2.75, 3.05) is 39.8 Å². The van der Waals surface area contributed by atoms with Gasteiger partial charge in [0.25, 0.3) is 0 Å². The molecule has 0 aromatic rings. The first-order chi connectivity index (χ1) is 8.05. The zero-order valence-corrected chi connectivity index (χ0v) is 11.2. The van der Waals surface area contributed by atoms with Gasteiger partial charge in [0.2, 0.25) is 0 Å². The monoisotopic (exact) mass is 241 g/mol. The van der Waals surface area contributed by atoms with Crippen molar-refractivity contribution in [2.24, 2.45) is 11.7 Å². The van der Waals surface area contributed by atoms with E-state index >= 15 is 0 Å². The lowest BCUT2D eigenvalue weighted by atomic mass is 9.96. The highest BCUT2D eigenvalue weighted by atomic mass is 16.3. The van der Waals surface area contributed by atoms with Gasteiger partial charge in [0.15, 0.2) is 0 Å². The van der Waals surface area contributed by atoms with Gasteiger partial charge in [-0.1, -0.05) is 0 Å². The van der Waals surface area contributed by atoms with E-state index in [9.17, 15) is 5.11 Å². The van der Waals surface area contributed by atoms with Gasteiger partial charge in [-0.05, 0) is 52.2 Å². The van der Waals surface area contributed by atoms with Gasteiger partial charge in [-0.25, -0.2) is 0 Å². The SMILES string of the molecule is CC1CN(C)CCCN1CC(O)(CN)C1CC1. The van der Waals surface area contributed by atoms with Crippen LogP contribution in [0.25, 0.3) is 0 Å². The number of hydrogen-bond acceptors (Lipinski definition) is 4. The van der Waals surface area contributed by atoms with Gasteiger partial charge in [-0.15, -0.1) is 0 Å². The lowest BCUT2D eigenvalue weighted by Gasteiger charge is -2.36. The number of nitrogens with two attached hydrogens (primary N) is 1. The minimum Gasteiger partial charge on any atom is -0.387 e. The fraction of sp³-hybridized carbons (Fsp3) is 1.00. The molecular formula is C13H27N3O. The van der Waals surface area contributed by atoms with Crippen LogP contribution in [0.2, 0.25) is 0 Å². The highest BCUT2D eigenvalue weighted by Gasteiger charge is 2.44. The normalized spacial score (nSPS) is 32.1. The van der Waals surface area contributed by atoms with Crippen LogP contribution in [-0.2, 0) is 0 Å². The van der Waals surface area contributed by atoms with E-state index in [4.69, 9.17) is 5.73 Å². The fourth-order valence-electron chi connectivity index (χ4n) is 2.99. The van der Waals surface area contributed by atoms with Gasteiger partial charge in [-0.2, -0.15) is 0 Å². The summed E-state index contributed by atoms with van der Waals surface area (Å²) in [6.45, 7) is 6.74. The van der Waals surface area contributed by atoms with Crippen molar-refractivity contribution in [3.63, 3.8) is 0 Å². The minimum absolute atomic E-state index is 0.400. The van der Waals surface area contributed by atoms with Crippen LogP contribution in [0, 0.1) is 5.92 Å². The first-order valence-corrected chi connectivity index (χ1v) is 6.90. The molecule has 0 amide bonds. The third-order valence-electron chi connectivity index (χ3n) is 4.35. The number of nitrogens with zero attached hydrogens (tertiary/aromatic N) is 2. The Morgan fingerprint density at radius 2 is 2.06 bits per heavy atom. The van der Waals surface area contributed by atoms with Gasteiger partial charge in [-0.3, -0.25) is 4.90 Å². The minimum atomic E-state index is -0.642. The summed E-state index contributed by atoms with van der Waals surface area (Å²) in [6.07, 6.45) is 3.48. The van der Waals surface area contributed by atoms with Gasteiger partial charge in [0.05, 0.1) is 5.60 Å². The standard InChI is InChI=1S/C13H27N3O/c1-11-8-15(2)6-3-7-16(11)10-13(17,9-14)12-4-5-12/h11-12,17H,3-10,14H2,1-2H3. The van der Waals surface area contributed by atoms with E-state index in [1.165, 1.54) is 6.42 Å². The van der Waals surface area contributed by atoms with Gasteiger partial charge < -0.3 is 15.7 Å². The molecule has 2 atom stereocenters. The Bertz CT molecular complexity index is 257. The number of likely N-dealkylation sites (N-methyl/N-ethyl adjacent to an activating group) is 1. The van der Waals surface area contributed by atoms with E-state index in [-0.39, 0.29) is 0 Å². The van der Waals surface area contributed by atoms with Gasteiger partial charge >= 0.3 is 0 Å². The average Bonchev–Trinajstić information content (AvgIpc) is 3.10. The summed E-state index contributed by atoms with van der Waals surface area (Å²) >= 11 is 0. The molecule has 1 saturated carbocycles. The van der Waals surface area contributed by atoms with Crippen LogP contribution >= 0.6 is 0 Å². The van der Waals surface area contributed by atoms with Crippen LogP contribution in [0.4, 0.5) is 0 Å². The van der Waals surface area contributed by atoms with Crippen LogP contribution in [0.15, 0.2) is 0 Å². The molecule has 1 aliphatic heterocycles.